The number of benzene rings is 2. The normalized spacial score (nSPS) is 10.9. The van der Waals surface area contributed by atoms with Gasteiger partial charge in [0.1, 0.15) is 0 Å². The molecule has 2 heterocycles. The average Bonchev–Trinajstić information content (AvgIpc) is 3.04. The molecule has 0 atom stereocenters. The number of nitro benzene ring substituents is 1. The van der Waals surface area contributed by atoms with Crippen molar-refractivity contribution in [3.8, 4) is 0 Å². The fraction of sp³-hybridized carbons (Fsp3) is 0. The molecular formula is C17H11N5O3. The number of rotatable bonds is 3. The zero-order valence-electron chi connectivity index (χ0n) is 12.8. The lowest BCUT2D eigenvalue weighted by atomic mass is 10.1. The fourth-order valence-corrected chi connectivity index (χ4v) is 2.63. The highest BCUT2D eigenvalue weighted by atomic mass is 16.6. The quantitative estimate of drug-likeness (QED) is 0.441. The number of hydrogen-bond donors (Lipinski definition) is 2. The maximum Gasteiger partial charge on any atom is 0.276 e. The Hall–Kier alpha value is -3.81. The number of anilines is 1. The van der Waals surface area contributed by atoms with E-state index in [2.05, 4.69) is 20.5 Å². The van der Waals surface area contributed by atoms with Crippen molar-refractivity contribution >= 4 is 39.1 Å². The molecule has 0 saturated heterocycles. The number of fused-ring (bicyclic) bond motifs is 2. The van der Waals surface area contributed by atoms with Gasteiger partial charge in [-0.25, -0.2) is 0 Å². The molecule has 0 bridgehead atoms. The molecule has 0 radical (unpaired) electrons. The molecule has 0 saturated carbocycles. The Kier molecular flexibility index (Phi) is 3.35. The highest BCUT2D eigenvalue weighted by Gasteiger charge is 2.17. The molecule has 122 valence electrons. The molecule has 8 heteroatoms. The van der Waals surface area contributed by atoms with Crippen molar-refractivity contribution in [2.45, 2.75) is 0 Å². The van der Waals surface area contributed by atoms with E-state index in [-0.39, 0.29) is 11.4 Å². The maximum atomic E-state index is 12.5. The second-order valence-corrected chi connectivity index (χ2v) is 5.42. The topological polar surface area (TPSA) is 114 Å². The minimum Gasteiger partial charge on any atom is -0.321 e. The van der Waals surface area contributed by atoms with Gasteiger partial charge < -0.3 is 5.32 Å². The second-order valence-electron chi connectivity index (χ2n) is 5.42. The molecule has 0 aliphatic carbocycles. The molecule has 2 N–H and O–H groups in total. The van der Waals surface area contributed by atoms with Gasteiger partial charge in [-0.1, -0.05) is 6.07 Å². The molecule has 0 aliphatic rings. The third-order valence-corrected chi connectivity index (χ3v) is 3.83. The van der Waals surface area contributed by atoms with Crippen LogP contribution in [0.1, 0.15) is 10.5 Å². The lowest BCUT2D eigenvalue weighted by Crippen LogP contribution is -2.12. The van der Waals surface area contributed by atoms with Gasteiger partial charge >= 0.3 is 0 Å². The third-order valence-electron chi connectivity index (χ3n) is 3.83. The number of aromatic nitrogens is 3. The third kappa shape index (κ3) is 2.65. The first kappa shape index (κ1) is 14.8. The number of pyridine rings is 1. The Labute approximate surface area is 140 Å². The smallest absolute Gasteiger partial charge is 0.276 e. The summed E-state index contributed by atoms with van der Waals surface area (Å²) < 4.78 is 0. The number of hydrogen-bond acceptors (Lipinski definition) is 5. The summed E-state index contributed by atoms with van der Waals surface area (Å²) in [5, 5.41) is 21.7. The van der Waals surface area contributed by atoms with Gasteiger partial charge in [0.25, 0.3) is 11.6 Å². The van der Waals surface area contributed by atoms with Crippen LogP contribution in [0.4, 0.5) is 11.4 Å². The number of nitrogens with zero attached hydrogens (tertiary/aromatic N) is 3. The van der Waals surface area contributed by atoms with E-state index in [4.69, 9.17) is 0 Å². The van der Waals surface area contributed by atoms with Crippen LogP contribution in [0.15, 0.2) is 54.7 Å². The number of aromatic amines is 1. The van der Waals surface area contributed by atoms with Crippen molar-refractivity contribution < 1.29 is 9.72 Å². The van der Waals surface area contributed by atoms with Crippen LogP contribution in [0.25, 0.3) is 21.8 Å². The molecule has 2 aromatic carbocycles. The summed E-state index contributed by atoms with van der Waals surface area (Å²) in [6.45, 7) is 0. The summed E-state index contributed by atoms with van der Waals surface area (Å²) in [5.74, 6) is -0.449. The van der Waals surface area contributed by atoms with E-state index in [9.17, 15) is 14.9 Å². The van der Waals surface area contributed by atoms with Crippen molar-refractivity contribution in [3.05, 3.63) is 70.5 Å². The van der Waals surface area contributed by atoms with Crippen LogP contribution in [-0.4, -0.2) is 26.0 Å². The van der Waals surface area contributed by atoms with Crippen molar-refractivity contribution in [2.24, 2.45) is 0 Å². The summed E-state index contributed by atoms with van der Waals surface area (Å²) in [4.78, 5) is 27.2. The van der Waals surface area contributed by atoms with Crippen molar-refractivity contribution in [1.82, 2.24) is 15.2 Å². The van der Waals surface area contributed by atoms with Gasteiger partial charge in [0.05, 0.1) is 16.0 Å². The minimum absolute atomic E-state index is 0.0975. The molecule has 0 fully saturated rings. The molecule has 0 aliphatic heterocycles. The second kappa shape index (κ2) is 5.68. The van der Waals surface area contributed by atoms with Crippen LogP contribution in [-0.2, 0) is 0 Å². The van der Waals surface area contributed by atoms with Gasteiger partial charge in [-0.15, -0.1) is 0 Å². The SMILES string of the molecule is O=C(Nc1ccc2ncccc2c1)c1n[nH]c2ccc([N+](=O)[O-])cc12. The molecule has 1 amide bonds. The fourth-order valence-electron chi connectivity index (χ4n) is 2.63. The standard InChI is InChI=1S/C17H11N5O3/c23-17(19-11-3-5-14-10(8-11)2-1-7-18-14)16-13-9-12(22(24)25)4-6-15(13)20-21-16/h1-9H,(H,19,23)(H,20,21). The summed E-state index contributed by atoms with van der Waals surface area (Å²) in [6, 6.07) is 13.3. The number of amides is 1. The van der Waals surface area contributed by atoms with Crippen molar-refractivity contribution in [1.29, 1.82) is 0 Å². The van der Waals surface area contributed by atoms with Crippen molar-refractivity contribution in [3.63, 3.8) is 0 Å². The van der Waals surface area contributed by atoms with Gasteiger partial charge in [0, 0.05) is 34.8 Å². The maximum absolute atomic E-state index is 12.5. The highest BCUT2D eigenvalue weighted by molar-refractivity contribution is 6.11. The molecule has 4 aromatic rings. The van der Waals surface area contributed by atoms with Crippen LogP contribution in [0.3, 0.4) is 0 Å². The van der Waals surface area contributed by atoms with Gasteiger partial charge in [-0.2, -0.15) is 5.10 Å². The number of nitro groups is 1. The summed E-state index contributed by atoms with van der Waals surface area (Å²) in [5.41, 5.74) is 1.97. The number of carbonyl (C=O) groups is 1. The van der Waals surface area contributed by atoms with Crippen LogP contribution >= 0.6 is 0 Å². The number of non-ortho nitro benzene ring substituents is 1. The van der Waals surface area contributed by atoms with Crippen LogP contribution in [0, 0.1) is 10.1 Å². The van der Waals surface area contributed by atoms with Crippen molar-refractivity contribution in [2.75, 3.05) is 5.32 Å². The van der Waals surface area contributed by atoms with E-state index < -0.39 is 10.8 Å². The van der Waals surface area contributed by atoms with E-state index in [1.807, 2.05) is 12.1 Å². The van der Waals surface area contributed by atoms with E-state index in [0.29, 0.717) is 16.6 Å². The molecule has 8 nitrogen and oxygen atoms in total. The van der Waals surface area contributed by atoms with Gasteiger partial charge in [0.15, 0.2) is 5.69 Å². The Morgan fingerprint density at radius 3 is 2.88 bits per heavy atom. The predicted molar refractivity (Wildman–Crippen MR) is 92.4 cm³/mol. The van der Waals surface area contributed by atoms with E-state index in [1.54, 1.807) is 24.4 Å². The zero-order valence-corrected chi connectivity index (χ0v) is 12.8. The molecule has 0 unspecified atom stereocenters. The van der Waals surface area contributed by atoms with E-state index in [0.717, 1.165) is 10.9 Å². The number of nitrogens with one attached hydrogen (secondary N) is 2. The first-order valence-corrected chi connectivity index (χ1v) is 7.40. The molecule has 2 aromatic heterocycles. The number of H-pyrrole nitrogens is 1. The summed E-state index contributed by atoms with van der Waals surface area (Å²) in [7, 11) is 0. The van der Waals surface area contributed by atoms with Crippen LogP contribution in [0.5, 0.6) is 0 Å². The Balaban J connectivity index is 1.69. The molecule has 4 rings (SSSR count). The first-order valence-electron chi connectivity index (χ1n) is 7.40. The average molecular weight is 333 g/mol. The molecular weight excluding hydrogens is 322 g/mol. The summed E-state index contributed by atoms with van der Waals surface area (Å²) in [6.07, 6.45) is 1.70. The largest absolute Gasteiger partial charge is 0.321 e. The van der Waals surface area contributed by atoms with Gasteiger partial charge in [0.2, 0.25) is 0 Å². The van der Waals surface area contributed by atoms with Crippen LogP contribution in [0.2, 0.25) is 0 Å². The van der Waals surface area contributed by atoms with Crippen LogP contribution < -0.4 is 5.32 Å². The Bertz CT molecular complexity index is 1140. The minimum atomic E-state index is -0.509. The monoisotopic (exact) mass is 333 g/mol. The Morgan fingerprint density at radius 2 is 2.04 bits per heavy atom. The van der Waals surface area contributed by atoms with E-state index >= 15 is 0 Å². The summed E-state index contributed by atoms with van der Waals surface area (Å²) >= 11 is 0. The van der Waals surface area contributed by atoms with E-state index in [1.165, 1.54) is 18.2 Å². The number of carbonyl (C=O) groups excluding carboxylic acids is 1. The predicted octanol–water partition coefficient (Wildman–Crippen LogP) is 3.27. The van der Waals surface area contributed by atoms with Gasteiger partial charge in [-0.05, 0) is 30.3 Å². The lowest BCUT2D eigenvalue weighted by Gasteiger charge is -2.05. The van der Waals surface area contributed by atoms with Gasteiger partial charge in [-0.3, -0.25) is 25.0 Å². The lowest BCUT2D eigenvalue weighted by molar-refractivity contribution is -0.384. The highest BCUT2D eigenvalue weighted by Crippen LogP contribution is 2.23. The zero-order chi connectivity index (χ0) is 17.4. The molecule has 25 heavy (non-hydrogen) atoms. The molecule has 0 spiro atoms. The Morgan fingerprint density at radius 1 is 1.16 bits per heavy atom. The first-order chi connectivity index (χ1) is 12.1.